The number of benzene rings is 1. The van der Waals surface area contributed by atoms with Crippen molar-refractivity contribution in [1.82, 2.24) is 5.32 Å². The summed E-state index contributed by atoms with van der Waals surface area (Å²) in [5.74, 6) is 4.87. The van der Waals surface area contributed by atoms with Crippen molar-refractivity contribution in [3.63, 3.8) is 0 Å². The van der Waals surface area contributed by atoms with Gasteiger partial charge in [0.05, 0.1) is 0 Å². The topological polar surface area (TPSA) is 30.5 Å². The van der Waals surface area contributed by atoms with Crippen LogP contribution in [0.5, 0.6) is 11.5 Å². The number of nitrogens with one attached hydrogen (secondary N) is 1. The fourth-order valence-electron chi connectivity index (χ4n) is 6.04. The first-order valence-corrected chi connectivity index (χ1v) is 9.42. The van der Waals surface area contributed by atoms with E-state index in [1.165, 1.54) is 44.1 Å². The second-order valence-electron chi connectivity index (χ2n) is 8.35. The van der Waals surface area contributed by atoms with Crippen molar-refractivity contribution in [2.24, 2.45) is 17.8 Å². The summed E-state index contributed by atoms with van der Waals surface area (Å²) in [7, 11) is 0. The van der Waals surface area contributed by atoms with Gasteiger partial charge in [-0.05, 0) is 86.9 Å². The Morgan fingerprint density at radius 1 is 0.917 bits per heavy atom. The maximum atomic E-state index is 5.70. The van der Waals surface area contributed by atoms with Crippen LogP contribution in [-0.4, -0.2) is 25.3 Å². The molecule has 5 aliphatic rings. The molecule has 0 amide bonds. The summed E-state index contributed by atoms with van der Waals surface area (Å²) in [6, 6.07) is 6.42. The molecule has 24 heavy (non-hydrogen) atoms. The predicted octanol–water partition coefficient (Wildman–Crippen LogP) is 3.98. The summed E-state index contributed by atoms with van der Waals surface area (Å²) in [5, 5.41) is 3.98. The molecule has 0 unspecified atom stereocenters. The monoisotopic (exact) mass is 349 g/mol. The Bertz CT molecular complexity index is 568. The minimum Gasteiger partial charge on any atom is -0.486 e. The minimum atomic E-state index is 0. The molecule has 0 saturated heterocycles. The van der Waals surface area contributed by atoms with Crippen molar-refractivity contribution in [3.05, 3.63) is 23.8 Å². The first-order valence-electron chi connectivity index (χ1n) is 9.42. The summed E-state index contributed by atoms with van der Waals surface area (Å²) in [6.45, 7) is 2.42. The molecule has 4 heteroatoms. The number of ether oxygens (including phenoxy) is 2. The lowest BCUT2D eigenvalue weighted by atomic mass is 9.53. The van der Waals surface area contributed by atoms with Gasteiger partial charge in [-0.25, -0.2) is 0 Å². The van der Waals surface area contributed by atoms with Crippen molar-refractivity contribution in [3.8, 4) is 11.5 Å². The molecule has 4 fully saturated rings. The Morgan fingerprint density at radius 2 is 1.54 bits per heavy atom. The highest BCUT2D eigenvalue weighted by Gasteiger charge is 2.50. The fraction of sp³-hybridized carbons (Fsp3) is 0.700. The molecule has 6 rings (SSSR count). The molecule has 3 nitrogen and oxygen atoms in total. The molecule has 0 spiro atoms. The van der Waals surface area contributed by atoms with Crippen molar-refractivity contribution in [1.29, 1.82) is 0 Å². The highest BCUT2D eigenvalue weighted by atomic mass is 35.5. The van der Waals surface area contributed by atoms with E-state index in [9.17, 15) is 0 Å². The van der Waals surface area contributed by atoms with Crippen LogP contribution in [0.25, 0.3) is 0 Å². The molecular weight excluding hydrogens is 322 g/mol. The quantitative estimate of drug-likeness (QED) is 0.891. The van der Waals surface area contributed by atoms with Crippen LogP contribution in [0.15, 0.2) is 18.2 Å². The lowest BCUT2D eigenvalue weighted by Crippen LogP contribution is -2.58. The maximum absolute atomic E-state index is 5.70. The normalized spacial score (nSPS) is 35.6. The van der Waals surface area contributed by atoms with Gasteiger partial charge in [-0.1, -0.05) is 6.07 Å². The lowest BCUT2D eigenvalue weighted by molar-refractivity contribution is -0.0192. The highest BCUT2D eigenvalue weighted by molar-refractivity contribution is 5.85. The summed E-state index contributed by atoms with van der Waals surface area (Å²) in [5.41, 5.74) is 1.83. The predicted molar refractivity (Wildman–Crippen MR) is 97.3 cm³/mol. The highest BCUT2D eigenvalue weighted by Crippen LogP contribution is 2.55. The lowest BCUT2D eigenvalue weighted by Gasteiger charge is -2.57. The van der Waals surface area contributed by atoms with Crippen LogP contribution in [0.2, 0.25) is 0 Å². The molecular formula is C20H28ClNO2. The fourth-order valence-corrected chi connectivity index (χ4v) is 6.04. The Kier molecular flexibility index (Phi) is 4.42. The van der Waals surface area contributed by atoms with E-state index in [0.29, 0.717) is 18.8 Å². The zero-order valence-corrected chi connectivity index (χ0v) is 15.1. The average Bonchev–Trinajstić information content (AvgIpc) is 2.53. The summed E-state index contributed by atoms with van der Waals surface area (Å²) >= 11 is 0. The first-order chi connectivity index (χ1) is 11.3. The largest absolute Gasteiger partial charge is 0.486 e. The number of halogens is 1. The molecule has 132 valence electrons. The summed E-state index contributed by atoms with van der Waals surface area (Å²) < 4.78 is 11.3. The van der Waals surface area contributed by atoms with Crippen LogP contribution in [0.1, 0.15) is 44.1 Å². The SMILES string of the molecule is Cl.c1cc2c(cc1CCNC13CC4CC(CC(C4)C1)C3)OCCO2. The van der Waals surface area contributed by atoms with E-state index in [2.05, 4.69) is 23.5 Å². The molecule has 4 aliphatic carbocycles. The molecule has 1 aliphatic heterocycles. The van der Waals surface area contributed by atoms with Gasteiger partial charge >= 0.3 is 0 Å². The molecule has 1 aromatic rings. The van der Waals surface area contributed by atoms with Gasteiger partial charge in [-0.15, -0.1) is 12.4 Å². The van der Waals surface area contributed by atoms with Gasteiger partial charge in [0, 0.05) is 5.54 Å². The Balaban J connectivity index is 0.00000146. The van der Waals surface area contributed by atoms with Gasteiger partial charge in [0.25, 0.3) is 0 Å². The zero-order valence-electron chi connectivity index (χ0n) is 14.3. The van der Waals surface area contributed by atoms with Crippen molar-refractivity contribution < 1.29 is 9.47 Å². The molecule has 1 aromatic carbocycles. The van der Waals surface area contributed by atoms with E-state index in [1.807, 2.05) is 0 Å². The van der Waals surface area contributed by atoms with Crippen LogP contribution in [0.3, 0.4) is 0 Å². The van der Waals surface area contributed by atoms with Crippen LogP contribution in [0, 0.1) is 17.8 Å². The smallest absolute Gasteiger partial charge is 0.161 e. The molecule has 0 radical (unpaired) electrons. The van der Waals surface area contributed by atoms with Gasteiger partial charge in [0.1, 0.15) is 13.2 Å². The van der Waals surface area contributed by atoms with Crippen LogP contribution in [-0.2, 0) is 6.42 Å². The Hall–Kier alpha value is -0.930. The third kappa shape index (κ3) is 3.01. The summed E-state index contributed by atoms with van der Waals surface area (Å²) in [6.07, 6.45) is 9.92. The van der Waals surface area contributed by atoms with E-state index < -0.39 is 0 Å². The van der Waals surface area contributed by atoms with Gasteiger partial charge < -0.3 is 14.8 Å². The third-order valence-electron chi connectivity index (χ3n) is 6.56. The second-order valence-corrected chi connectivity index (χ2v) is 8.35. The van der Waals surface area contributed by atoms with Gasteiger partial charge in [0.2, 0.25) is 0 Å². The van der Waals surface area contributed by atoms with Gasteiger partial charge in [-0.3, -0.25) is 0 Å². The minimum absolute atomic E-state index is 0. The van der Waals surface area contributed by atoms with Gasteiger partial charge in [0.15, 0.2) is 11.5 Å². The maximum Gasteiger partial charge on any atom is 0.161 e. The standard InChI is InChI=1S/C20H27NO2.ClH/c1-2-18-19(23-6-5-22-18)10-14(1)3-4-21-20-11-15-7-16(12-20)9-17(8-15)13-20;/h1-2,10,15-17,21H,3-9,11-13H2;1H. The molecule has 1 N–H and O–H groups in total. The van der Waals surface area contributed by atoms with E-state index >= 15 is 0 Å². The third-order valence-corrected chi connectivity index (χ3v) is 6.56. The van der Waals surface area contributed by atoms with Crippen molar-refractivity contribution in [2.75, 3.05) is 19.8 Å². The van der Waals surface area contributed by atoms with E-state index in [1.54, 1.807) is 0 Å². The van der Waals surface area contributed by atoms with E-state index in [0.717, 1.165) is 42.2 Å². The molecule has 0 atom stereocenters. The molecule has 1 heterocycles. The molecule has 4 bridgehead atoms. The Morgan fingerprint density at radius 3 is 2.21 bits per heavy atom. The molecule has 0 aromatic heterocycles. The Labute approximate surface area is 150 Å². The van der Waals surface area contributed by atoms with E-state index in [-0.39, 0.29) is 12.4 Å². The molecule has 4 saturated carbocycles. The van der Waals surface area contributed by atoms with Crippen LogP contribution in [0.4, 0.5) is 0 Å². The zero-order chi connectivity index (χ0) is 15.3. The number of rotatable bonds is 4. The number of hydrogen-bond acceptors (Lipinski definition) is 3. The number of hydrogen-bond donors (Lipinski definition) is 1. The first kappa shape index (κ1) is 16.5. The van der Waals surface area contributed by atoms with Crippen LogP contribution < -0.4 is 14.8 Å². The second kappa shape index (κ2) is 6.42. The van der Waals surface area contributed by atoms with Crippen LogP contribution >= 0.6 is 12.4 Å². The summed E-state index contributed by atoms with van der Waals surface area (Å²) in [4.78, 5) is 0. The average molecular weight is 350 g/mol. The number of fused-ring (bicyclic) bond motifs is 1. The van der Waals surface area contributed by atoms with E-state index in [4.69, 9.17) is 9.47 Å². The van der Waals surface area contributed by atoms with Crippen molar-refractivity contribution in [2.45, 2.75) is 50.5 Å². The van der Waals surface area contributed by atoms with Gasteiger partial charge in [-0.2, -0.15) is 0 Å². The van der Waals surface area contributed by atoms with Crippen molar-refractivity contribution >= 4 is 12.4 Å².